The summed E-state index contributed by atoms with van der Waals surface area (Å²) in [5, 5.41) is 5.84. The van der Waals surface area contributed by atoms with Crippen LogP contribution in [0.1, 0.15) is 11.4 Å². The fraction of sp³-hybridized carbons (Fsp3) is 0.286. The number of carbonyl (C=O) groups is 1. The number of hydrogen-bond donors (Lipinski definition) is 1. The van der Waals surface area contributed by atoms with Crippen LogP contribution in [-0.2, 0) is 17.5 Å². The fourth-order valence-electron chi connectivity index (χ4n) is 1.99. The minimum atomic E-state index is -4.67. The van der Waals surface area contributed by atoms with Crippen molar-refractivity contribution in [2.45, 2.75) is 26.3 Å². The Morgan fingerprint density at radius 1 is 1.33 bits per heavy atom. The second-order valence-corrected chi connectivity index (χ2v) is 4.75. The minimum absolute atomic E-state index is 0.0831. The standard InChI is InChI=1S/C14H12F5N3O2/c1-8-6-11(14(17,18)19)22(21-8)7-12(23)20-9-4-2-3-5-10(9)24-13(15)16/h2-6,13H,7H2,1H3,(H,20,23). The van der Waals surface area contributed by atoms with E-state index in [0.29, 0.717) is 4.68 Å². The molecule has 1 heterocycles. The number of carbonyl (C=O) groups excluding carboxylic acids is 1. The van der Waals surface area contributed by atoms with Gasteiger partial charge in [0.25, 0.3) is 0 Å². The summed E-state index contributed by atoms with van der Waals surface area (Å²) >= 11 is 0. The van der Waals surface area contributed by atoms with Crippen molar-refractivity contribution in [3.8, 4) is 5.75 Å². The molecule has 2 rings (SSSR count). The van der Waals surface area contributed by atoms with Crippen molar-refractivity contribution in [1.29, 1.82) is 0 Å². The molecule has 0 aliphatic heterocycles. The van der Waals surface area contributed by atoms with Crippen molar-refractivity contribution in [2.75, 3.05) is 5.32 Å². The van der Waals surface area contributed by atoms with Crippen LogP contribution >= 0.6 is 0 Å². The van der Waals surface area contributed by atoms with Crippen LogP contribution in [0.15, 0.2) is 30.3 Å². The first-order chi connectivity index (χ1) is 11.2. The highest BCUT2D eigenvalue weighted by Crippen LogP contribution is 2.30. The summed E-state index contributed by atoms with van der Waals surface area (Å²) in [5.41, 5.74) is -1.07. The molecule has 24 heavy (non-hydrogen) atoms. The Hall–Kier alpha value is -2.65. The molecule has 5 nitrogen and oxygen atoms in total. The summed E-state index contributed by atoms with van der Waals surface area (Å²) < 4.78 is 67.9. The molecule has 0 bridgehead atoms. The van der Waals surface area contributed by atoms with Crippen LogP contribution in [0.5, 0.6) is 5.75 Å². The number of amides is 1. The van der Waals surface area contributed by atoms with E-state index in [1.54, 1.807) is 0 Å². The highest BCUT2D eigenvalue weighted by Gasteiger charge is 2.35. The molecule has 130 valence electrons. The molecule has 0 saturated carbocycles. The molecule has 0 radical (unpaired) electrons. The van der Waals surface area contributed by atoms with E-state index in [-0.39, 0.29) is 17.1 Å². The van der Waals surface area contributed by atoms with Crippen molar-refractivity contribution in [3.05, 3.63) is 41.7 Å². The van der Waals surface area contributed by atoms with Gasteiger partial charge in [0.1, 0.15) is 18.0 Å². The molecule has 1 aromatic carbocycles. The number of rotatable bonds is 5. The number of alkyl halides is 5. The van der Waals surface area contributed by atoms with Gasteiger partial charge in [0, 0.05) is 0 Å². The van der Waals surface area contributed by atoms with Crippen molar-refractivity contribution >= 4 is 11.6 Å². The molecule has 0 aliphatic carbocycles. The number of aryl methyl sites for hydroxylation is 1. The number of nitrogens with zero attached hydrogens (tertiary/aromatic N) is 2. The van der Waals surface area contributed by atoms with Gasteiger partial charge in [-0.1, -0.05) is 12.1 Å². The number of para-hydroxylation sites is 2. The van der Waals surface area contributed by atoms with Gasteiger partial charge in [-0.3, -0.25) is 9.48 Å². The molecule has 10 heteroatoms. The minimum Gasteiger partial charge on any atom is -0.433 e. The molecule has 0 aliphatic rings. The average Bonchev–Trinajstić information content (AvgIpc) is 2.81. The van der Waals surface area contributed by atoms with E-state index in [9.17, 15) is 26.7 Å². The predicted octanol–water partition coefficient (Wildman–Crippen LogP) is 3.45. The Kier molecular flexibility index (Phi) is 5.05. The van der Waals surface area contributed by atoms with Gasteiger partial charge in [-0.2, -0.15) is 27.1 Å². The zero-order valence-corrected chi connectivity index (χ0v) is 12.3. The topological polar surface area (TPSA) is 56.2 Å². The second kappa shape index (κ2) is 6.85. The SMILES string of the molecule is Cc1cc(C(F)(F)F)n(CC(=O)Nc2ccccc2OC(F)F)n1. The summed E-state index contributed by atoms with van der Waals surface area (Å²) in [6, 6.07) is 6.15. The van der Waals surface area contributed by atoms with Crippen LogP contribution in [0, 0.1) is 6.92 Å². The summed E-state index contributed by atoms with van der Waals surface area (Å²) in [4.78, 5) is 11.9. The lowest BCUT2D eigenvalue weighted by Crippen LogP contribution is -2.24. The van der Waals surface area contributed by atoms with Gasteiger partial charge in [0.05, 0.1) is 11.4 Å². The van der Waals surface area contributed by atoms with Crippen LogP contribution < -0.4 is 10.1 Å². The maximum Gasteiger partial charge on any atom is 0.433 e. The van der Waals surface area contributed by atoms with E-state index in [4.69, 9.17) is 0 Å². The van der Waals surface area contributed by atoms with Gasteiger partial charge >= 0.3 is 12.8 Å². The zero-order valence-electron chi connectivity index (χ0n) is 12.3. The Bertz CT molecular complexity index is 727. The molecular formula is C14H12F5N3O2. The zero-order chi connectivity index (χ0) is 17.9. The van der Waals surface area contributed by atoms with E-state index in [0.717, 1.165) is 6.07 Å². The number of ether oxygens (including phenoxy) is 1. The molecule has 1 amide bonds. The largest absolute Gasteiger partial charge is 0.433 e. The summed E-state index contributed by atoms with van der Waals surface area (Å²) in [6.45, 7) is -2.48. The lowest BCUT2D eigenvalue weighted by atomic mass is 10.3. The quantitative estimate of drug-likeness (QED) is 0.842. The van der Waals surface area contributed by atoms with Crippen LogP contribution in [0.25, 0.3) is 0 Å². The Labute approximate surface area is 133 Å². The van der Waals surface area contributed by atoms with E-state index in [2.05, 4.69) is 15.2 Å². The summed E-state index contributed by atoms with van der Waals surface area (Å²) in [6.07, 6.45) is -4.67. The molecule has 0 unspecified atom stereocenters. The highest BCUT2D eigenvalue weighted by molar-refractivity contribution is 5.92. The maximum atomic E-state index is 12.9. The smallest absolute Gasteiger partial charge is 0.433 e. The van der Waals surface area contributed by atoms with Gasteiger partial charge < -0.3 is 10.1 Å². The van der Waals surface area contributed by atoms with Gasteiger partial charge in [-0.05, 0) is 25.1 Å². The molecule has 1 aromatic heterocycles. The van der Waals surface area contributed by atoms with Crippen molar-refractivity contribution in [3.63, 3.8) is 0 Å². The Morgan fingerprint density at radius 3 is 2.62 bits per heavy atom. The van der Waals surface area contributed by atoms with Gasteiger partial charge in [0.2, 0.25) is 5.91 Å². The molecule has 0 spiro atoms. The van der Waals surface area contributed by atoms with Crippen molar-refractivity contribution < 1.29 is 31.5 Å². The second-order valence-electron chi connectivity index (χ2n) is 4.75. The van der Waals surface area contributed by atoms with Crippen molar-refractivity contribution in [1.82, 2.24) is 9.78 Å². The third-order valence-corrected chi connectivity index (χ3v) is 2.86. The summed E-state index contributed by atoms with van der Waals surface area (Å²) in [5.74, 6) is -1.16. The molecule has 1 N–H and O–H groups in total. The first-order valence-corrected chi connectivity index (χ1v) is 6.62. The Morgan fingerprint density at radius 2 is 2.00 bits per heavy atom. The molecule has 0 saturated heterocycles. The van der Waals surface area contributed by atoms with Crippen LogP contribution in [0.3, 0.4) is 0 Å². The lowest BCUT2D eigenvalue weighted by molar-refractivity contribution is -0.144. The molecule has 0 fully saturated rings. The third kappa shape index (κ3) is 4.43. The average molecular weight is 349 g/mol. The number of halogens is 5. The van der Waals surface area contributed by atoms with Crippen molar-refractivity contribution in [2.24, 2.45) is 0 Å². The number of nitrogens with one attached hydrogen (secondary N) is 1. The van der Waals surface area contributed by atoms with E-state index >= 15 is 0 Å². The van der Waals surface area contributed by atoms with E-state index < -0.39 is 30.9 Å². The molecular weight excluding hydrogens is 337 g/mol. The number of hydrogen-bond acceptors (Lipinski definition) is 3. The monoisotopic (exact) mass is 349 g/mol. The maximum absolute atomic E-state index is 12.9. The number of benzene rings is 1. The summed E-state index contributed by atoms with van der Waals surface area (Å²) in [7, 11) is 0. The number of aromatic nitrogens is 2. The van der Waals surface area contributed by atoms with Gasteiger partial charge in [-0.25, -0.2) is 0 Å². The first-order valence-electron chi connectivity index (χ1n) is 6.62. The predicted molar refractivity (Wildman–Crippen MR) is 73.7 cm³/mol. The third-order valence-electron chi connectivity index (χ3n) is 2.86. The molecule has 0 atom stereocenters. The van der Waals surface area contributed by atoms with Crippen LogP contribution in [-0.4, -0.2) is 22.3 Å². The molecule has 2 aromatic rings. The van der Waals surface area contributed by atoms with E-state index in [1.165, 1.54) is 31.2 Å². The van der Waals surface area contributed by atoms with E-state index in [1.807, 2.05) is 0 Å². The normalized spacial score (nSPS) is 11.6. The van der Waals surface area contributed by atoms with Gasteiger partial charge in [-0.15, -0.1) is 0 Å². The highest BCUT2D eigenvalue weighted by atomic mass is 19.4. The fourth-order valence-corrected chi connectivity index (χ4v) is 1.99. The van der Waals surface area contributed by atoms with Crippen LogP contribution in [0.4, 0.5) is 27.6 Å². The lowest BCUT2D eigenvalue weighted by Gasteiger charge is -2.13. The van der Waals surface area contributed by atoms with Crippen LogP contribution in [0.2, 0.25) is 0 Å². The first kappa shape index (κ1) is 17.7. The van der Waals surface area contributed by atoms with Gasteiger partial charge in [0.15, 0.2) is 0 Å². The number of anilines is 1. The Balaban J connectivity index is 2.15.